The quantitative estimate of drug-likeness (QED) is 0.691. The number of likely N-dealkylation sites (N-methyl/N-ethyl adjacent to an activating group) is 1. The number of rotatable bonds is 5. The molecule has 0 saturated heterocycles. The number of carbonyl (C=O) groups excluding carboxylic acids is 1. The van der Waals surface area contributed by atoms with Gasteiger partial charge in [0.25, 0.3) is 0 Å². The molecule has 0 fully saturated rings. The summed E-state index contributed by atoms with van der Waals surface area (Å²) in [5.41, 5.74) is 0.526. The van der Waals surface area contributed by atoms with Crippen LogP contribution in [-0.2, 0) is 9.53 Å². The van der Waals surface area contributed by atoms with Crippen LogP contribution in [0, 0.1) is 0 Å². The zero-order valence-electron chi connectivity index (χ0n) is 11.7. The number of carbonyl (C=O) groups is 1. The molecule has 106 valence electrons. The monoisotopic (exact) mass is 303 g/mol. The molecule has 0 N–H and O–H groups in total. The first-order valence-electron chi connectivity index (χ1n) is 6.19. The Morgan fingerprint density at radius 3 is 2.05 bits per heavy atom. The first kappa shape index (κ1) is 16.0. The normalized spacial score (nSPS) is 12.7. The van der Waals surface area contributed by atoms with Crippen molar-refractivity contribution < 1.29 is 18.3 Å². The molecule has 0 aliphatic rings. The third-order valence-corrected chi connectivity index (χ3v) is 5.50. The van der Waals surface area contributed by atoms with E-state index < -0.39 is 31.1 Å². The molecule has 0 atom stereocenters. The molecule has 0 spiro atoms. The third-order valence-electron chi connectivity index (χ3n) is 3.05. The molecule has 0 aromatic heterocycles. The number of hydrogen-bond donors (Lipinski definition) is 0. The second-order valence-corrected chi connectivity index (χ2v) is 7.35. The van der Waals surface area contributed by atoms with Crippen molar-refractivity contribution in [2.45, 2.75) is 19.2 Å². The van der Waals surface area contributed by atoms with E-state index in [4.69, 9.17) is 0 Å². The Bertz CT molecular complexity index is 447. The molecule has 1 amide bonds. The fourth-order valence-corrected chi connectivity index (χ4v) is 3.79. The van der Waals surface area contributed by atoms with Crippen LogP contribution in [0.25, 0.3) is 0 Å². The summed E-state index contributed by atoms with van der Waals surface area (Å²) in [6.45, 7) is 4.26. The highest BCUT2D eigenvalue weighted by Crippen LogP contribution is 2.20. The lowest BCUT2D eigenvalue weighted by Crippen LogP contribution is -2.43. The lowest BCUT2D eigenvalue weighted by Gasteiger charge is -2.23. The van der Waals surface area contributed by atoms with Gasteiger partial charge in [-0.15, -0.1) is 0 Å². The van der Waals surface area contributed by atoms with Crippen LogP contribution >= 0.6 is 0 Å². The van der Waals surface area contributed by atoms with E-state index in [2.05, 4.69) is 23.9 Å². The fraction of sp³-hybridized carbons (Fsp3) is 0.417. The van der Waals surface area contributed by atoms with E-state index >= 15 is 0 Å². The van der Waals surface area contributed by atoms with Gasteiger partial charge in [0.15, 0.2) is 0 Å². The summed E-state index contributed by atoms with van der Waals surface area (Å²) < 4.78 is 30.5. The number of halogens is 2. The van der Waals surface area contributed by atoms with Gasteiger partial charge in [0.2, 0.25) is 0 Å². The zero-order chi connectivity index (χ0) is 14.6. The number of alkyl halides is 2. The molecule has 1 aromatic carbocycles. The number of anilines is 1. The molecule has 0 bridgehead atoms. The molecule has 1 rings (SSSR count). The minimum Gasteiger partial charge on any atom is -0.316 e. The SMILES string of the molecule is COC(F)(F)C(=O)N(C)c1cc([SiH2]C)cc([SiH2]C)c1. The standard InChI is InChI=1S/C12H19F2NO2Si2/c1-15(11(16)12(13,14)17-2)8-5-9(18-3)7-10(6-8)19-4/h5-7H,18-19H2,1-4H3. The number of benzene rings is 1. The van der Waals surface area contributed by atoms with Gasteiger partial charge in [-0.25, -0.2) is 0 Å². The molecule has 1 aromatic rings. The summed E-state index contributed by atoms with van der Waals surface area (Å²) in [4.78, 5) is 12.6. The molecule has 0 heterocycles. The van der Waals surface area contributed by atoms with Gasteiger partial charge in [-0.3, -0.25) is 4.79 Å². The predicted octanol–water partition coefficient (Wildman–Crippen LogP) is -0.427. The Kier molecular flexibility index (Phi) is 5.39. The Hall–Kier alpha value is -1.06. The van der Waals surface area contributed by atoms with E-state index in [1.807, 2.05) is 12.1 Å². The zero-order valence-corrected chi connectivity index (χ0v) is 14.5. The number of ether oxygens (including phenoxy) is 1. The smallest absolute Gasteiger partial charge is 0.316 e. The van der Waals surface area contributed by atoms with Crippen molar-refractivity contribution in [1.29, 1.82) is 0 Å². The van der Waals surface area contributed by atoms with Crippen LogP contribution in [0.1, 0.15) is 0 Å². The Labute approximate surface area is 116 Å². The number of methoxy groups -OCH3 is 1. The van der Waals surface area contributed by atoms with Crippen LogP contribution < -0.4 is 15.3 Å². The highest BCUT2D eigenvalue weighted by Gasteiger charge is 2.42. The maximum absolute atomic E-state index is 13.3. The summed E-state index contributed by atoms with van der Waals surface area (Å²) in [6.07, 6.45) is -3.78. The topological polar surface area (TPSA) is 29.5 Å². The predicted molar refractivity (Wildman–Crippen MR) is 79.9 cm³/mol. The first-order chi connectivity index (χ1) is 8.85. The molecule has 0 saturated carbocycles. The van der Waals surface area contributed by atoms with Gasteiger partial charge in [-0.1, -0.05) is 29.5 Å². The average Bonchev–Trinajstić information content (AvgIpc) is 2.44. The molecule has 3 nitrogen and oxygen atoms in total. The largest absolute Gasteiger partial charge is 0.436 e. The van der Waals surface area contributed by atoms with Crippen LogP contribution in [0.15, 0.2) is 18.2 Å². The van der Waals surface area contributed by atoms with Gasteiger partial charge >= 0.3 is 12.0 Å². The molecule has 0 aliphatic carbocycles. The van der Waals surface area contributed by atoms with Crippen LogP contribution in [0.5, 0.6) is 0 Å². The van der Waals surface area contributed by atoms with Crippen LogP contribution in [0.3, 0.4) is 0 Å². The number of nitrogens with zero attached hydrogens (tertiary/aromatic N) is 1. The van der Waals surface area contributed by atoms with Crippen molar-refractivity contribution in [2.75, 3.05) is 19.1 Å². The van der Waals surface area contributed by atoms with Gasteiger partial charge in [-0.2, -0.15) is 8.78 Å². The van der Waals surface area contributed by atoms with E-state index in [0.717, 1.165) is 12.0 Å². The van der Waals surface area contributed by atoms with Crippen molar-refractivity contribution >= 4 is 41.0 Å². The Morgan fingerprint density at radius 2 is 1.68 bits per heavy atom. The van der Waals surface area contributed by atoms with Crippen LogP contribution in [0.4, 0.5) is 14.5 Å². The third kappa shape index (κ3) is 3.71. The molecule has 7 heteroatoms. The van der Waals surface area contributed by atoms with Crippen LogP contribution in [0.2, 0.25) is 13.1 Å². The average molecular weight is 303 g/mol. The van der Waals surface area contributed by atoms with Crippen molar-refractivity contribution in [3.05, 3.63) is 18.2 Å². The molecule has 0 aliphatic heterocycles. The summed E-state index contributed by atoms with van der Waals surface area (Å²) in [6, 6.07) is 5.78. The van der Waals surface area contributed by atoms with Crippen molar-refractivity contribution in [3.8, 4) is 0 Å². The number of amides is 1. The van der Waals surface area contributed by atoms with E-state index in [-0.39, 0.29) is 0 Å². The fourth-order valence-electron chi connectivity index (χ4n) is 1.74. The highest BCUT2D eigenvalue weighted by atomic mass is 28.2. The maximum Gasteiger partial charge on any atom is 0.436 e. The van der Waals surface area contributed by atoms with Gasteiger partial charge in [-0.05, 0) is 12.1 Å². The second kappa shape index (κ2) is 6.40. The Morgan fingerprint density at radius 1 is 1.21 bits per heavy atom. The van der Waals surface area contributed by atoms with Gasteiger partial charge in [0.1, 0.15) is 0 Å². The molecule has 0 radical (unpaired) electrons. The summed E-state index contributed by atoms with van der Waals surface area (Å²) in [5, 5.41) is 2.37. The van der Waals surface area contributed by atoms with E-state index in [1.165, 1.54) is 17.4 Å². The maximum atomic E-state index is 13.3. The summed E-state index contributed by atoms with van der Waals surface area (Å²) in [5.74, 6) is -1.34. The van der Waals surface area contributed by atoms with E-state index in [9.17, 15) is 13.6 Å². The second-order valence-electron chi connectivity index (χ2n) is 4.30. The van der Waals surface area contributed by atoms with Crippen molar-refractivity contribution in [2.24, 2.45) is 0 Å². The Balaban J connectivity index is 3.11. The summed E-state index contributed by atoms with van der Waals surface area (Å²) in [7, 11) is 1.40. The molecule has 0 unspecified atom stereocenters. The van der Waals surface area contributed by atoms with E-state index in [0.29, 0.717) is 5.69 Å². The van der Waals surface area contributed by atoms with Gasteiger partial charge in [0, 0.05) is 19.8 Å². The molecule has 19 heavy (non-hydrogen) atoms. The first-order valence-corrected chi connectivity index (χ1v) is 10.4. The lowest BCUT2D eigenvalue weighted by atomic mass is 10.3. The highest BCUT2D eigenvalue weighted by molar-refractivity contribution is 6.56. The van der Waals surface area contributed by atoms with Crippen LogP contribution in [-0.4, -0.2) is 45.2 Å². The minimum atomic E-state index is -3.78. The van der Waals surface area contributed by atoms with Gasteiger partial charge < -0.3 is 9.64 Å². The molecular weight excluding hydrogens is 284 g/mol. The van der Waals surface area contributed by atoms with Crippen molar-refractivity contribution in [1.82, 2.24) is 0 Å². The van der Waals surface area contributed by atoms with Gasteiger partial charge in [0.05, 0.1) is 19.0 Å². The lowest BCUT2D eigenvalue weighted by molar-refractivity contribution is -0.216. The number of hydrogen-bond acceptors (Lipinski definition) is 2. The van der Waals surface area contributed by atoms with E-state index in [1.54, 1.807) is 0 Å². The molecular formula is C12H19F2NO2Si2. The minimum absolute atomic E-state index is 0.391. The van der Waals surface area contributed by atoms with Crippen molar-refractivity contribution in [3.63, 3.8) is 0 Å². The summed E-state index contributed by atoms with van der Waals surface area (Å²) >= 11 is 0.